The number of para-hydroxylation sites is 1. The van der Waals surface area contributed by atoms with Gasteiger partial charge in [0.1, 0.15) is 0 Å². The summed E-state index contributed by atoms with van der Waals surface area (Å²) in [6, 6.07) is 22.6. The first kappa shape index (κ1) is 49.4. The van der Waals surface area contributed by atoms with E-state index in [0.717, 1.165) is 58.3 Å². The van der Waals surface area contributed by atoms with E-state index in [9.17, 15) is 34.8 Å². The summed E-state index contributed by atoms with van der Waals surface area (Å²) in [6.07, 6.45) is 4.71. The number of aromatic nitrogens is 4. The van der Waals surface area contributed by atoms with E-state index in [0.29, 0.717) is 59.0 Å². The summed E-state index contributed by atoms with van der Waals surface area (Å²) in [5.41, 5.74) is 5.13. The van der Waals surface area contributed by atoms with E-state index in [1.54, 1.807) is 12.3 Å². The van der Waals surface area contributed by atoms with Crippen molar-refractivity contribution in [3.8, 4) is 22.4 Å². The summed E-state index contributed by atoms with van der Waals surface area (Å²) < 4.78 is 15.8. The quantitative estimate of drug-likeness (QED) is 0.0305. The van der Waals surface area contributed by atoms with E-state index in [1.807, 2.05) is 80.7 Å². The molecule has 4 aliphatic rings. The van der Waals surface area contributed by atoms with Gasteiger partial charge in [0.25, 0.3) is 5.91 Å². The van der Waals surface area contributed by atoms with Crippen LogP contribution in [0.25, 0.3) is 43.4 Å². The average Bonchev–Trinajstić information content (AvgIpc) is 3.99. The Kier molecular flexibility index (Phi) is 13.0. The number of carbonyl (C=O) groups is 3. The minimum atomic E-state index is -2.21. The normalized spacial score (nSPS) is 25.5. The fraction of sp³-hybridized carbons (Fsp3) is 0.472. The number of likely N-dealkylation sites (N-methyl/N-ethyl adjacent to an activating group) is 1. The first-order chi connectivity index (χ1) is 33.9. The Morgan fingerprint density at radius 1 is 0.930 bits per heavy atom. The number of hydrogen-bond acceptors (Lipinski definition) is 13. The van der Waals surface area contributed by atoms with Crippen LogP contribution in [-0.2, 0) is 20.6 Å². The molecule has 7 unspecified atom stereocenters. The molecule has 7 atom stereocenters. The van der Waals surface area contributed by atoms with E-state index < -0.39 is 44.3 Å². The molecule has 16 nitrogen and oxygen atoms in total. The molecule has 0 radical (unpaired) electrons. The van der Waals surface area contributed by atoms with Gasteiger partial charge in [-0.1, -0.05) is 41.7 Å². The fourth-order valence-corrected chi connectivity index (χ4v) is 21.8. The molecular weight excluding hydrogens is 944 g/mol. The molecule has 71 heavy (non-hydrogen) atoms. The Morgan fingerprint density at radius 2 is 1.75 bits per heavy atom. The Morgan fingerprint density at radius 3 is 2.52 bits per heavy atom. The number of thiazole rings is 1. The standard InChI is InChI=1S/C53H63N6O10PS/c1-32-39(36-15-16-40(55-44(36)47(64)65)34-14-13-33-9-7-10-37(38(33)21-34)46(63)57-49-56-41-11-5-6-12-43(41)71-49)23-54-59(32)28-52-27-51(3)25-50(2)26-53(51,52)31-70(29-50,30-52)69-20-18-58(4)17-8-19-68-45(48(66)67)42(62)22-35(61)24-60/h5-7,9-16,21,23,35,42,45,60-62,70H,8,17-20,22,24-31H2,1-4H3,(H,64,65)(H,66,67)(H,56,57,63). The first-order valence-electron chi connectivity index (χ1n) is 24.5. The number of rotatable bonds is 21. The summed E-state index contributed by atoms with van der Waals surface area (Å²) in [5.74, 6) is -2.75. The number of aliphatic hydroxyl groups excluding tert-OH is 3. The first-order valence-corrected chi connectivity index (χ1v) is 27.8. The zero-order valence-electron chi connectivity index (χ0n) is 40.6. The van der Waals surface area contributed by atoms with E-state index in [1.165, 1.54) is 24.2 Å². The van der Waals surface area contributed by atoms with Crippen LogP contribution < -0.4 is 5.32 Å². The van der Waals surface area contributed by atoms with Crippen molar-refractivity contribution in [3.05, 3.63) is 95.9 Å². The number of pyridine rings is 1. The predicted molar refractivity (Wildman–Crippen MR) is 275 cm³/mol. The molecular formula is C53H63N6O10PS. The SMILES string of the molecule is Cc1c(-c2ccc(-c3ccc4cccc(C(=O)Nc5nc6ccccc6s5)c4c3)nc2C(=O)O)cnn1CC12CC3(C)CC4(C)CC31C[PH](OCCN(C)CCCOC(C(=O)O)C(O)CC(O)CO)(C4)C2. The molecule has 5 heterocycles. The number of anilines is 1. The van der Waals surface area contributed by atoms with Gasteiger partial charge < -0.3 is 10.2 Å². The average molecular weight is 1010 g/mol. The molecule has 10 rings (SSSR count). The molecule has 376 valence electrons. The third-order valence-corrected chi connectivity index (χ3v) is 22.4. The van der Waals surface area contributed by atoms with Crippen molar-refractivity contribution in [1.82, 2.24) is 24.6 Å². The monoisotopic (exact) mass is 1010 g/mol. The van der Waals surface area contributed by atoms with Crippen LogP contribution >= 0.6 is 18.8 Å². The van der Waals surface area contributed by atoms with E-state index in [4.69, 9.17) is 24.4 Å². The zero-order valence-corrected chi connectivity index (χ0v) is 42.4. The van der Waals surface area contributed by atoms with Crippen LogP contribution in [0.15, 0.2) is 79.0 Å². The molecule has 2 aliphatic carbocycles. The van der Waals surface area contributed by atoms with Gasteiger partial charge in [-0.15, -0.1) is 0 Å². The Balaban J connectivity index is 0.828. The number of hydrogen-bond donors (Lipinski definition) is 6. The van der Waals surface area contributed by atoms with Crippen molar-refractivity contribution < 1.29 is 49.2 Å². The minimum absolute atomic E-state index is 0.0238. The third-order valence-electron chi connectivity index (χ3n) is 16.5. The van der Waals surface area contributed by atoms with Gasteiger partial charge in [-0.3, -0.25) is 10.1 Å². The maximum atomic E-state index is 13.7. The second kappa shape index (κ2) is 18.7. The fourth-order valence-electron chi connectivity index (χ4n) is 14.1. The van der Waals surface area contributed by atoms with Gasteiger partial charge >= 0.3 is 289 Å². The van der Waals surface area contributed by atoms with Crippen LogP contribution in [0, 0.1) is 28.6 Å². The number of aliphatic carboxylic acids is 1. The van der Waals surface area contributed by atoms with E-state index >= 15 is 0 Å². The molecule has 2 saturated carbocycles. The van der Waals surface area contributed by atoms with Crippen LogP contribution in [0.5, 0.6) is 0 Å². The number of aromatic carboxylic acids is 1. The molecule has 3 aromatic heterocycles. The van der Waals surface area contributed by atoms with Gasteiger partial charge in [0.2, 0.25) is 0 Å². The van der Waals surface area contributed by atoms with Crippen molar-refractivity contribution in [2.45, 2.75) is 77.7 Å². The summed E-state index contributed by atoms with van der Waals surface area (Å²) in [5, 5.41) is 59.2. The van der Waals surface area contributed by atoms with Crippen LogP contribution in [0.4, 0.5) is 5.13 Å². The van der Waals surface area contributed by atoms with E-state index in [-0.39, 0.29) is 46.3 Å². The van der Waals surface area contributed by atoms with Gasteiger partial charge in [-0.05, 0) is 29.0 Å². The number of nitrogens with one attached hydrogen (secondary N) is 1. The second-order valence-electron chi connectivity index (χ2n) is 21.6. The van der Waals surface area contributed by atoms with Crippen LogP contribution in [0.1, 0.15) is 72.5 Å². The zero-order chi connectivity index (χ0) is 50.1. The van der Waals surface area contributed by atoms with Crippen molar-refractivity contribution in [2.24, 2.45) is 21.7 Å². The molecule has 3 bridgehead atoms. The topological polar surface area (TPSA) is 230 Å². The van der Waals surface area contributed by atoms with Crippen LogP contribution in [0.3, 0.4) is 0 Å². The van der Waals surface area contributed by atoms with Crippen molar-refractivity contribution in [2.75, 3.05) is 63.8 Å². The maximum absolute atomic E-state index is 13.7. The predicted octanol–water partition coefficient (Wildman–Crippen LogP) is 7.42. The molecule has 3 aromatic carbocycles. The van der Waals surface area contributed by atoms with Crippen molar-refractivity contribution in [3.63, 3.8) is 0 Å². The summed E-state index contributed by atoms with van der Waals surface area (Å²) in [6.45, 7) is 9.22. The van der Waals surface area contributed by atoms with Gasteiger partial charge in [-0.2, -0.15) is 0 Å². The van der Waals surface area contributed by atoms with E-state index in [2.05, 4.69) is 33.7 Å². The number of aliphatic hydroxyl groups is 3. The number of ether oxygens (including phenoxy) is 1. The molecule has 1 spiro atoms. The molecule has 4 fully saturated rings. The van der Waals surface area contributed by atoms with Gasteiger partial charge in [-0.25, -0.2) is 4.98 Å². The number of carboxylic acid groups (broad SMARTS) is 2. The molecule has 1 amide bonds. The summed E-state index contributed by atoms with van der Waals surface area (Å²) >= 11 is 1.41. The Hall–Kier alpha value is -5.23. The number of benzene rings is 3. The third kappa shape index (κ3) is 8.85. The number of carboxylic acids is 2. The molecule has 2 aliphatic heterocycles. The Bertz CT molecular complexity index is 3030. The van der Waals surface area contributed by atoms with Crippen molar-refractivity contribution in [1.29, 1.82) is 0 Å². The summed E-state index contributed by atoms with van der Waals surface area (Å²) in [7, 11) is -0.199. The molecule has 6 N–H and O–H groups in total. The Labute approximate surface area is 416 Å². The number of carbonyl (C=O) groups excluding carboxylic acids is 1. The van der Waals surface area contributed by atoms with Gasteiger partial charge in [0.15, 0.2) is 5.13 Å². The molecule has 6 aromatic rings. The number of fused-ring (bicyclic) bond motifs is 4. The molecule has 18 heteroatoms. The molecule has 2 saturated heterocycles. The number of amides is 1. The van der Waals surface area contributed by atoms with Crippen LogP contribution in [-0.4, -0.2) is 145 Å². The van der Waals surface area contributed by atoms with Crippen molar-refractivity contribution >= 4 is 62.8 Å². The second-order valence-corrected chi connectivity index (χ2v) is 26.4. The van der Waals surface area contributed by atoms with Gasteiger partial charge in [0, 0.05) is 5.56 Å². The van der Waals surface area contributed by atoms with Gasteiger partial charge in [0.05, 0.1) is 16.8 Å². The summed E-state index contributed by atoms with van der Waals surface area (Å²) in [4.78, 5) is 49.9. The van der Waals surface area contributed by atoms with Crippen LogP contribution in [0.2, 0.25) is 0 Å². The number of nitrogens with zero attached hydrogens (tertiary/aromatic N) is 5.